The Hall–Kier alpha value is -2.39. The van der Waals surface area contributed by atoms with Crippen LogP contribution in [0.4, 0.5) is 11.5 Å². The number of thiophene rings is 1. The molecule has 2 aromatic rings. The number of aryl methyl sites for hydroxylation is 1. The Morgan fingerprint density at radius 3 is 2.92 bits per heavy atom. The number of hydrogen-bond donors (Lipinski definition) is 4. The number of nitrogens with one attached hydrogen (secondary N) is 1. The number of aromatic nitrogens is 1. The maximum absolute atomic E-state index is 11.6. The van der Waals surface area contributed by atoms with Crippen LogP contribution >= 0.6 is 11.3 Å². The molecule has 9 heteroatoms. The summed E-state index contributed by atoms with van der Waals surface area (Å²) >= 11 is 1.19. The lowest BCUT2D eigenvalue weighted by Crippen LogP contribution is -2.54. The molecule has 134 valence electrons. The molecule has 0 aliphatic carbocycles. The average molecular weight is 363 g/mol. The van der Waals surface area contributed by atoms with Crippen LogP contribution in [0, 0.1) is 0 Å². The van der Waals surface area contributed by atoms with E-state index < -0.39 is 17.9 Å². The highest BCUT2D eigenvalue weighted by Crippen LogP contribution is 2.37. The van der Waals surface area contributed by atoms with Gasteiger partial charge in [-0.25, -0.2) is 4.98 Å². The number of amides is 1. The second kappa shape index (κ2) is 6.85. The lowest BCUT2D eigenvalue weighted by molar-refractivity contribution is -0.139. The van der Waals surface area contributed by atoms with Gasteiger partial charge in [-0.1, -0.05) is 13.3 Å². The van der Waals surface area contributed by atoms with Gasteiger partial charge in [0.05, 0.1) is 5.69 Å². The van der Waals surface area contributed by atoms with Crippen LogP contribution in [0.5, 0.6) is 0 Å². The molecule has 1 aliphatic heterocycles. The largest absolute Gasteiger partial charge is 0.480 e. The molecule has 0 saturated carbocycles. The first-order chi connectivity index (χ1) is 11.9. The van der Waals surface area contributed by atoms with Crippen LogP contribution in [0.15, 0.2) is 6.07 Å². The minimum Gasteiger partial charge on any atom is -0.480 e. The fraction of sp³-hybridized carbons (Fsp3) is 0.438. The summed E-state index contributed by atoms with van der Waals surface area (Å²) in [6.07, 6.45) is 1.71. The number of aliphatic carboxylic acids is 1. The Morgan fingerprint density at radius 2 is 2.28 bits per heavy atom. The number of carbonyl (C=O) groups excluding carboxylic acids is 1. The fourth-order valence-corrected chi connectivity index (χ4v) is 4.11. The summed E-state index contributed by atoms with van der Waals surface area (Å²) in [6, 6.07) is 1.32. The maximum Gasteiger partial charge on any atom is 0.322 e. The number of carboxylic acids is 1. The molecule has 0 bridgehead atoms. The number of rotatable bonds is 5. The summed E-state index contributed by atoms with van der Waals surface area (Å²) < 4.78 is 0. The maximum atomic E-state index is 11.6. The normalized spacial score (nSPS) is 17.8. The minimum atomic E-state index is -0.879. The fourth-order valence-electron chi connectivity index (χ4n) is 3.12. The molecule has 1 saturated heterocycles. The third kappa shape index (κ3) is 3.24. The Labute approximate surface area is 148 Å². The average Bonchev–Trinajstić information content (AvgIpc) is 2.92. The monoisotopic (exact) mass is 363 g/mol. The van der Waals surface area contributed by atoms with E-state index in [0.717, 1.165) is 23.8 Å². The van der Waals surface area contributed by atoms with Gasteiger partial charge >= 0.3 is 5.97 Å². The van der Waals surface area contributed by atoms with Gasteiger partial charge in [-0.2, -0.15) is 0 Å². The third-order valence-corrected chi connectivity index (χ3v) is 5.42. The molecule has 1 fully saturated rings. The number of anilines is 2. The standard InChI is InChI=1S/C16H21N5O3S/c1-2-3-8-6-10(21-5-4-19-9(7-21)16(23)24)20-15-11(8)12(17)13(25-15)14(18)22/h6,9,19H,2-5,7,17H2,1H3,(H2,18,22)(H,23,24). The van der Waals surface area contributed by atoms with E-state index in [4.69, 9.17) is 11.5 Å². The van der Waals surface area contributed by atoms with Crippen molar-refractivity contribution in [2.24, 2.45) is 5.73 Å². The first-order valence-electron chi connectivity index (χ1n) is 8.15. The predicted molar refractivity (Wildman–Crippen MR) is 98.2 cm³/mol. The van der Waals surface area contributed by atoms with E-state index in [1.54, 1.807) is 0 Å². The van der Waals surface area contributed by atoms with Crippen molar-refractivity contribution >= 4 is 44.9 Å². The summed E-state index contributed by atoms with van der Waals surface area (Å²) in [5.74, 6) is -0.727. The van der Waals surface area contributed by atoms with E-state index in [0.29, 0.717) is 40.8 Å². The van der Waals surface area contributed by atoms with Crippen molar-refractivity contribution in [2.45, 2.75) is 25.8 Å². The number of hydrogen-bond acceptors (Lipinski definition) is 7. The minimum absolute atomic E-state index is 0.320. The van der Waals surface area contributed by atoms with Gasteiger partial charge in [0.2, 0.25) is 0 Å². The van der Waals surface area contributed by atoms with Crippen molar-refractivity contribution in [2.75, 3.05) is 30.3 Å². The van der Waals surface area contributed by atoms with Crippen LogP contribution in [0.2, 0.25) is 0 Å². The Morgan fingerprint density at radius 1 is 1.52 bits per heavy atom. The topological polar surface area (TPSA) is 135 Å². The highest BCUT2D eigenvalue weighted by molar-refractivity contribution is 7.21. The van der Waals surface area contributed by atoms with Crippen molar-refractivity contribution < 1.29 is 14.7 Å². The van der Waals surface area contributed by atoms with E-state index in [-0.39, 0.29) is 0 Å². The van der Waals surface area contributed by atoms with Crippen LogP contribution in [0.3, 0.4) is 0 Å². The van der Waals surface area contributed by atoms with Crippen LogP contribution in [0.25, 0.3) is 10.2 Å². The molecule has 6 N–H and O–H groups in total. The first kappa shape index (κ1) is 17.4. The number of piperazine rings is 1. The molecule has 0 radical (unpaired) electrons. The van der Waals surface area contributed by atoms with Crippen LogP contribution in [-0.4, -0.2) is 47.6 Å². The second-order valence-electron chi connectivity index (χ2n) is 6.07. The smallest absolute Gasteiger partial charge is 0.322 e. The first-order valence-corrected chi connectivity index (χ1v) is 8.96. The van der Waals surface area contributed by atoms with E-state index in [1.807, 2.05) is 11.0 Å². The second-order valence-corrected chi connectivity index (χ2v) is 7.07. The summed E-state index contributed by atoms with van der Waals surface area (Å²) in [6.45, 7) is 3.63. The van der Waals surface area contributed by atoms with E-state index in [2.05, 4.69) is 17.2 Å². The van der Waals surface area contributed by atoms with Gasteiger partial charge < -0.3 is 26.8 Å². The molecule has 25 heavy (non-hydrogen) atoms. The van der Waals surface area contributed by atoms with Gasteiger partial charge in [-0.15, -0.1) is 11.3 Å². The Kier molecular flexibility index (Phi) is 4.78. The molecule has 8 nitrogen and oxygen atoms in total. The summed E-state index contributed by atoms with van der Waals surface area (Å²) in [5, 5.41) is 13.0. The third-order valence-electron chi connectivity index (χ3n) is 4.31. The number of nitrogens with zero attached hydrogens (tertiary/aromatic N) is 2. The molecule has 1 atom stereocenters. The summed E-state index contributed by atoms with van der Waals surface area (Å²) in [5.41, 5.74) is 12.9. The van der Waals surface area contributed by atoms with Crippen molar-refractivity contribution in [3.63, 3.8) is 0 Å². The van der Waals surface area contributed by atoms with Crippen molar-refractivity contribution in [1.29, 1.82) is 0 Å². The van der Waals surface area contributed by atoms with Gasteiger partial charge in [0.1, 0.15) is 21.6 Å². The quantitative estimate of drug-likeness (QED) is 0.617. The highest BCUT2D eigenvalue weighted by Gasteiger charge is 2.27. The van der Waals surface area contributed by atoms with E-state index in [1.165, 1.54) is 11.3 Å². The molecular formula is C16H21N5O3S. The zero-order chi connectivity index (χ0) is 18.1. The number of carboxylic acid groups (broad SMARTS) is 1. The number of nitrogen functional groups attached to an aromatic ring is 1. The highest BCUT2D eigenvalue weighted by atomic mass is 32.1. The molecule has 1 amide bonds. The molecule has 1 unspecified atom stereocenters. The van der Waals surface area contributed by atoms with Crippen LogP contribution in [-0.2, 0) is 11.2 Å². The number of fused-ring (bicyclic) bond motifs is 1. The van der Waals surface area contributed by atoms with Gasteiger partial charge in [-0.3, -0.25) is 9.59 Å². The molecule has 1 aliphatic rings. The van der Waals surface area contributed by atoms with E-state index in [9.17, 15) is 14.7 Å². The zero-order valence-electron chi connectivity index (χ0n) is 13.9. The lowest BCUT2D eigenvalue weighted by Gasteiger charge is -2.32. The van der Waals surface area contributed by atoms with Crippen LogP contribution < -0.4 is 21.7 Å². The number of pyridine rings is 1. The Bertz CT molecular complexity index is 835. The molecular weight excluding hydrogens is 342 g/mol. The number of nitrogens with two attached hydrogens (primary N) is 2. The summed E-state index contributed by atoms with van der Waals surface area (Å²) in [7, 11) is 0. The van der Waals surface area contributed by atoms with Crippen LogP contribution in [0.1, 0.15) is 28.6 Å². The van der Waals surface area contributed by atoms with Gasteiger partial charge in [0.25, 0.3) is 5.91 Å². The molecule has 3 rings (SSSR count). The zero-order valence-corrected chi connectivity index (χ0v) is 14.7. The van der Waals surface area contributed by atoms with Crippen molar-refractivity contribution in [1.82, 2.24) is 10.3 Å². The van der Waals surface area contributed by atoms with E-state index >= 15 is 0 Å². The van der Waals surface area contributed by atoms with Crippen molar-refractivity contribution in [3.8, 4) is 0 Å². The van der Waals surface area contributed by atoms with Gasteiger partial charge in [-0.05, 0) is 18.1 Å². The Balaban J connectivity index is 2.07. The number of carbonyl (C=O) groups is 2. The molecule has 2 aromatic heterocycles. The van der Waals surface area contributed by atoms with Crippen molar-refractivity contribution in [3.05, 3.63) is 16.5 Å². The SMILES string of the molecule is CCCc1cc(N2CCNC(C(=O)O)C2)nc2sc(C(N)=O)c(N)c12. The van der Waals surface area contributed by atoms with Gasteiger partial charge in [0, 0.05) is 25.0 Å². The lowest BCUT2D eigenvalue weighted by atomic mass is 10.1. The number of primary amides is 1. The van der Waals surface area contributed by atoms with Gasteiger partial charge in [0.15, 0.2) is 0 Å². The molecule has 0 spiro atoms. The predicted octanol–water partition coefficient (Wildman–Crippen LogP) is 0.793. The molecule has 0 aromatic carbocycles. The summed E-state index contributed by atoms with van der Waals surface area (Å²) in [4.78, 5) is 30.4. The molecule has 3 heterocycles.